The van der Waals surface area contributed by atoms with Crippen LogP contribution in [-0.2, 0) is 6.18 Å². The van der Waals surface area contributed by atoms with E-state index in [2.05, 4.69) is 4.98 Å². The van der Waals surface area contributed by atoms with Gasteiger partial charge in [-0.1, -0.05) is 17.8 Å². The molecule has 0 aliphatic rings. The quantitative estimate of drug-likeness (QED) is 0.842. The number of nitrogens with zero attached hydrogens (tertiary/aromatic N) is 1. The van der Waals surface area contributed by atoms with Crippen molar-refractivity contribution >= 4 is 17.4 Å². The number of alkyl halides is 3. The van der Waals surface area contributed by atoms with Gasteiger partial charge in [-0.3, -0.25) is 0 Å². The lowest BCUT2D eigenvalue weighted by molar-refractivity contribution is -0.137. The molecule has 100 valence electrons. The minimum Gasteiger partial charge on any atom is -0.398 e. The number of nitrogens with two attached hydrogens (primary N) is 1. The molecule has 2 rings (SSSR count). The lowest BCUT2D eigenvalue weighted by Gasteiger charge is -2.08. The number of aryl methyl sites for hydroxylation is 1. The maximum atomic E-state index is 12.4. The minimum atomic E-state index is -4.36. The first-order valence-corrected chi connectivity index (χ1v) is 6.25. The van der Waals surface area contributed by atoms with Crippen molar-refractivity contribution in [3.8, 4) is 0 Å². The fourth-order valence-electron chi connectivity index (χ4n) is 1.48. The third-order valence-electron chi connectivity index (χ3n) is 2.44. The van der Waals surface area contributed by atoms with Gasteiger partial charge in [0.05, 0.1) is 5.56 Å². The highest BCUT2D eigenvalue weighted by Gasteiger charge is 2.30. The van der Waals surface area contributed by atoms with E-state index >= 15 is 0 Å². The number of hydrogen-bond donors (Lipinski definition) is 1. The average molecular weight is 284 g/mol. The zero-order valence-electron chi connectivity index (χ0n) is 10.0. The molecule has 2 N–H and O–H groups in total. The predicted octanol–water partition coefficient (Wildman–Crippen LogP) is 4.14. The molecule has 0 aliphatic heterocycles. The second-order valence-corrected chi connectivity index (χ2v) is 5.09. The Morgan fingerprint density at radius 2 is 1.89 bits per heavy atom. The van der Waals surface area contributed by atoms with Crippen LogP contribution in [0, 0.1) is 6.92 Å². The monoisotopic (exact) mass is 284 g/mol. The number of aromatic nitrogens is 1. The van der Waals surface area contributed by atoms with Crippen LogP contribution < -0.4 is 5.73 Å². The Morgan fingerprint density at radius 3 is 2.42 bits per heavy atom. The first-order valence-electron chi connectivity index (χ1n) is 5.43. The van der Waals surface area contributed by atoms with Crippen LogP contribution in [0.5, 0.6) is 0 Å². The van der Waals surface area contributed by atoms with Crippen molar-refractivity contribution in [1.29, 1.82) is 0 Å². The van der Waals surface area contributed by atoms with Gasteiger partial charge in [0.2, 0.25) is 0 Å². The van der Waals surface area contributed by atoms with Gasteiger partial charge in [0.25, 0.3) is 0 Å². The first-order chi connectivity index (χ1) is 8.86. The molecular weight excluding hydrogens is 273 g/mol. The number of nitrogen functional groups attached to an aromatic ring is 1. The molecule has 0 radical (unpaired) electrons. The first kappa shape index (κ1) is 13.7. The van der Waals surface area contributed by atoms with E-state index in [9.17, 15) is 13.2 Å². The third-order valence-corrected chi connectivity index (χ3v) is 3.49. The highest BCUT2D eigenvalue weighted by Crippen LogP contribution is 2.33. The summed E-state index contributed by atoms with van der Waals surface area (Å²) < 4.78 is 37.2. The molecule has 0 saturated heterocycles. The van der Waals surface area contributed by atoms with Crippen LogP contribution in [0.2, 0.25) is 0 Å². The molecule has 0 saturated carbocycles. The second-order valence-electron chi connectivity index (χ2n) is 4.03. The van der Waals surface area contributed by atoms with Crippen molar-refractivity contribution in [3.63, 3.8) is 0 Å². The fourth-order valence-corrected chi connectivity index (χ4v) is 2.26. The zero-order valence-corrected chi connectivity index (χ0v) is 10.8. The normalized spacial score (nSPS) is 11.6. The Kier molecular flexibility index (Phi) is 3.71. The summed E-state index contributed by atoms with van der Waals surface area (Å²) in [5.74, 6) is 0. The van der Waals surface area contributed by atoms with Gasteiger partial charge < -0.3 is 5.73 Å². The third kappa shape index (κ3) is 3.41. The molecule has 0 fully saturated rings. The summed E-state index contributed by atoms with van der Waals surface area (Å²) in [6.45, 7) is 1.92. The average Bonchev–Trinajstić information content (AvgIpc) is 2.32. The summed E-state index contributed by atoms with van der Waals surface area (Å²) in [7, 11) is 0. The van der Waals surface area contributed by atoms with Crippen LogP contribution in [0.3, 0.4) is 0 Å². The summed E-state index contributed by atoms with van der Waals surface area (Å²) in [6.07, 6.45) is -3.54. The zero-order chi connectivity index (χ0) is 14.0. The topological polar surface area (TPSA) is 38.9 Å². The van der Waals surface area contributed by atoms with Crippen molar-refractivity contribution in [2.75, 3.05) is 5.73 Å². The van der Waals surface area contributed by atoms with Crippen LogP contribution in [0.25, 0.3) is 0 Å². The van der Waals surface area contributed by atoms with Crippen molar-refractivity contribution in [2.24, 2.45) is 0 Å². The van der Waals surface area contributed by atoms with Gasteiger partial charge in [-0.15, -0.1) is 0 Å². The van der Waals surface area contributed by atoms with E-state index in [-0.39, 0.29) is 0 Å². The SMILES string of the molecule is Cc1ccc(Sc2ccc(C(F)(F)F)cn2)c(N)c1. The van der Waals surface area contributed by atoms with E-state index in [1.165, 1.54) is 17.8 Å². The van der Waals surface area contributed by atoms with Crippen molar-refractivity contribution in [2.45, 2.75) is 23.0 Å². The molecule has 0 aliphatic carbocycles. The van der Waals surface area contributed by atoms with Crippen LogP contribution in [0.1, 0.15) is 11.1 Å². The summed E-state index contributed by atoms with van der Waals surface area (Å²) in [5, 5.41) is 0.476. The van der Waals surface area contributed by atoms with Crippen molar-refractivity contribution < 1.29 is 13.2 Å². The van der Waals surface area contributed by atoms with Crippen molar-refractivity contribution in [3.05, 3.63) is 47.7 Å². The van der Waals surface area contributed by atoms with Gasteiger partial charge in [-0.2, -0.15) is 13.2 Å². The maximum Gasteiger partial charge on any atom is 0.417 e. The highest BCUT2D eigenvalue weighted by atomic mass is 32.2. The van der Waals surface area contributed by atoms with Crippen molar-refractivity contribution in [1.82, 2.24) is 4.98 Å². The van der Waals surface area contributed by atoms with Crippen LogP contribution >= 0.6 is 11.8 Å². The standard InChI is InChI=1S/C13H11F3N2S/c1-8-2-4-11(10(17)6-8)19-12-5-3-9(7-18-12)13(14,15)16/h2-7H,17H2,1H3. The molecule has 0 atom stereocenters. The van der Waals surface area contributed by atoms with E-state index in [0.717, 1.165) is 22.7 Å². The summed E-state index contributed by atoms with van der Waals surface area (Å²) >= 11 is 1.24. The summed E-state index contributed by atoms with van der Waals surface area (Å²) in [6, 6.07) is 7.89. The Balaban J connectivity index is 2.20. The molecule has 0 unspecified atom stereocenters. The molecule has 2 nitrogen and oxygen atoms in total. The maximum absolute atomic E-state index is 12.4. The Labute approximate surface area is 112 Å². The second kappa shape index (κ2) is 5.13. The number of benzene rings is 1. The van der Waals surface area contributed by atoms with Gasteiger partial charge >= 0.3 is 6.18 Å². The largest absolute Gasteiger partial charge is 0.417 e. The smallest absolute Gasteiger partial charge is 0.398 e. The van der Waals surface area contributed by atoms with Crippen LogP contribution in [0.15, 0.2) is 46.5 Å². The number of halogens is 3. The van der Waals surface area contributed by atoms with Gasteiger partial charge in [0.1, 0.15) is 5.03 Å². The Hall–Kier alpha value is -1.69. The van der Waals surface area contributed by atoms with E-state index in [4.69, 9.17) is 5.73 Å². The molecular formula is C13H11F3N2S. The highest BCUT2D eigenvalue weighted by molar-refractivity contribution is 7.99. The molecule has 1 aromatic heterocycles. The Bertz CT molecular complexity index is 579. The van der Waals surface area contributed by atoms with Crippen LogP contribution in [-0.4, -0.2) is 4.98 Å². The fraction of sp³-hybridized carbons (Fsp3) is 0.154. The molecule has 1 aromatic carbocycles. The van der Waals surface area contributed by atoms with Gasteiger partial charge in [0.15, 0.2) is 0 Å². The van der Waals surface area contributed by atoms with Gasteiger partial charge in [0, 0.05) is 16.8 Å². The lowest BCUT2D eigenvalue weighted by atomic mass is 10.2. The van der Waals surface area contributed by atoms with E-state index in [1.54, 1.807) is 0 Å². The molecule has 0 spiro atoms. The molecule has 2 aromatic rings. The number of hydrogen-bond acceptors (Lipinski definition) is 3. The molecule has 1 heterocycles. The Morgan fingerprint density at radius 1 is 1.16 bits per heavy atom. The minimum absolute atomic E-state index is 0.476. The molecule has 6 heteroatoms. The summed E-state index contributed by atoms with van der Waals surface area (Å²) in [4.78, 5) is 4.57. The molecule has 0 bridgehead atoms. The molecule has 19 heavy (non-hydrogen) atoms. The van der Waals surface area contributed by atoms with E-state index in [0.29, 0.717) is 10.7 Å². The number of rotatable bonds is 2. The lowest BCUT2D eigenvalue weighted by Crippen LogP contribution is -2.05. The van der Waals surface area contributed by atoms with E-state index < -0.39 is 11.7 Å². The number of anilines is 1. The molecule has 0 amide bonds. The van der Waals surface area contributed by atoms with E-state index in [1.807, 2.05) is 25.1 Å². The number of pyridine rings is 1. The predicted molar refractivity (Wildman–Crippen MR) is 69.0 cm³/mol. The van der Waals surface area contributed by atoms with Gasteiger partial charge in [-0.25, -0.2) is 4.98 Å². The van der Waals surface area contributed by atoms with Gasteiger partial charge in [-0.05, 0) is 36.8 Å². The van der Waals surface area contributed by atoms with Crippen LogP contribution in [0.4, 0.5) is 18.9 Å². The summed E-state index contributed by atoms with van der Waals surface area (Å²) in [5.41, 5.74) is 6.70.